The van der Waals surface area contributed by atoms with E-state index in [-0.39, 0.29) is 9.62 Å². The fourth-order valence-corrected chi connectivity index (χ4v) is 7.86. The molecule has 1 heterocycles. The van der Waals surface area contributed by atoms with Crippen molar-refractivity contribution in [2.45, 2.75) is 49.7 Å². The molecule has 1 aliphatic heterocycles. The van der Waals surface area contributed by atoms with Gasteiger partial charge in [-0.3, -0.25) is 0 Å². The molecule has 1 fully saturated rings. The van der Waals surface area contributed by atoms with Crippen LogP contribution in [-0.2, 0) is 10.5 Å². The van der Waals surface area contributed by atoms with Gasteiger partial charge < -0.3 is 14.4 Å². The summed E-state index contributed by atoms with van der Waals surface area (Å²) in [7, 11) is 5.64. The van der Waals surface area contributed by atoms with E-state index in [0.29, 0.717) is 0 Å². The number of hydrogen-bond acceptors (Lipinski definition) is 5. The first-order chi connectivity index (χ1) is 14.8. The third-order valence-corrected chi connectivity index (χ3v) is 9.72. The third-order valence-electron chi connectivity index (χ3n) is 6.33. The minimum atomic E-state index is 0.0821. The van der Waals surface area contributed by atoms with Crippen LogP contribution >= 0.6 is 23.5 Å². The second kappa shape index (κ2) is 10.5. The van der Waals surface area contributed by atoms with Gasteiger partial charge >= 0.3 is 0 Å². The molecule has 0 saturated carbocycles. The maximum atomic E-state index is 5.48. The van der Waals surface area contributed by atoms with Gasteiger partial charge in [-0.25, -0.2) is 0 Å². The van der Waals surface area contributed by atoms with E-state index < -0.39 is 0 Å². The molecule has 0 aliphatic carbocycles. The van der Waals surface area contributed by atoms with Gasteiger partial charge in [0.05, 0.1) is 18.3 Å². The van der Waals surface area contributed by atoms with Crippen LogP contribution in [0.3, 0.4) is 0 Å². The Morgan fingerprint density at radius 3 is 2.23 bits per heavy atom. The number of aryl methyl sites for hydroxylation is 1. The number of hydrogen-bond donors (Lipinski definition) is 0. The van der Waals surface area contributed by atoms with Crippen molar-refractivity contribution < 1.29 is 9.47 Å². The van der Waals surface area contributed by atoms with Crippen LogP contribution in [0.4, 0.5) is 0 Å². The lowest BCUT2D eigenvalue weighted by Gasteiger charge is -2.45. The Hall–Kier alpha value is -1.30. The average Bonchev–Trinajstić information content (AvgIpc) is 2.77. The molecule has 31 heavy (non-hydrogen) atoms. The highest BCUT2D eigenvalue weighted by atomic mass is 32.2. The van der Waals surface area contributed by atoms with Crippen molar-refractivity contribution in [3.63, 3.8) is 0 Å². The molecule has 0 bridgehead atoms. The van der Waals surface area contributed by atoms with Gasteiger partial charge in [-0.05, 0) is 81.8 Å². The van der Waals surface area contributed by atoms with E-state index in [1.165, 1.54) is 34.6 Å². The molecule has 3 nitrogen and oxygen atoms in total. The summed E-state index contributed by atoms with van der Waals surface area (Å²) in [4.78, 5) is 2.52. The maximum absolute atomic E-state index is 5.48. The van der Waals surface area contributed by atoms with E-state index in [9.17, 15) is 0 Å². The van der Waals surface area contributed by atoms with Gasteiger partial charge in [0.2, 0.25) is 0 Å². The number of methoxy groups -OCH3 is 2. The van der Waals surface area contributed by atoms with Gasteiger partial charge in [-0.1, -0.05) is 35.9 Å². The summed E-state index contributed by atoms with van der Waals surface area (Å²) in [6.45, 7) is 7.96. The van der Waals surface area contributed by atoms with Crippen molar-refractivity contribution in [3.8, 4) is 11.5 Å². The number of rotatable bonds is 9. The van der Waals surface area contributed by atoms with Crippen LogP contribution in [-0.4, -0.2) is 49.8 Å². The summed E-state index contributed by atoms with van der Waals surface area (Å²) in [6, 6.07) is 15.5. The van der Waals surface area contributed by atoms with Gasteiger partial charge in [0, 0.05) is 12.1 Å². The first-order valence-electron chi connectivity index (χ1n) is 11.1. The van der Waals surface area contributed by atoms with Crippen LogP contribution in [0.15, 0.2) is 42.5 Å². The summed E-state index contributed by atoms with van der Waals surface area (Å²) >= 11 is 4.29. The quantitative estimate of drug-likeness (QED) is 0.433. The van der Waals surface area contributed by atoms with Gasteiger partial charge in [0.1, 0.15) is 0 Å². The normalized spacial score (nSPS) is 16.4. The third kappa shape index (κ3) is 5.94. The van der Waals surface area contributed by atoms with Crippen molar-refractivity contribution in [1.82, 2.24) is 4.90 Å². The summed E-state index contributed by atoms with van der Waals surface area (Å²) < 4.78 is 11.0. The largest absolute Gasteiger partial charge is 0.493 e. The maximum Gasteiger partial charge on any atom is 0.160 e. The van der Waals surface area contributed by atoms with Crippen molar-refractivity contribution in [1.29, 1.82) is 0 Å². The van der Waals surface area contributed by atoms with Gasteiger partial charge in [0.15, 0.2) is 11.5 Å². The van der Waals surface area contributed by atoms with Gasteiger partial charge in [0.25, 0.3) is 0 Å². The van der Waals surface area contributed by atoms with E-state index in [4.69, 9.17) is 9.47 Å². The van der Waals surface area contributed by atoms with Crippen molar-refractivity contribution in [2.75, 3.05) is 39.3 Å². The second-order valence-corrected chi connectivity index (χ2v) is 12.1. The predicted molar refractivity (Wildman–Crippen MR) is 137 cm³/mol. The lowest BCUT2D eigenvalue weighted by molar-refractivity contribution is 0.143. The highest BCUT2D eigenvalue weighted by Gasteiger charge is 2.41. The molecule has 0 aromatic heterocycles. The van der Waals surface area contributed by atoms with E-state index in [1.54, 1.807) is 14.2 Å². The van der Waals surface area contributed by atoms with Crippen molar-refractivity contribution >= 4 is 23.5 Å². The molecular formula is C26H37NO2S2. The Morgan fingerprint density at radius 2 is 1.61 bits per heavy atom. The summed E-state index contributed by atoms with van der Waals surface area (Å²) in [5, 5.41) is 0. The van der Waals surface area contributed by atoms with Crippen LogP contribution in [0.25, 0.3) is 0 Å². The van der Waals surface area contributed by atoms with Gasteiger partial charge in [-0.15, -0.1) is 23.5 Å². The fraction of sp³-hybridized carbons (Fsp3) is 0.538. The zero-order chi connectivity index (χ0) is 22.5. The van der Waals surface area contributed by atoms with E-state index in [2.05, 4.69) is 92.6 Å². The van der Waals surface area contributed by atoms with E-state index in [0.717, 1.165) is 30.9 Å². The predicted octanol–water partition coefficient (Wildman–Crippen LogP) is 6.38. The Morgan fingerprint density at radius 1 is 0.968 bits per heavy atom. The van der Waals surface area contributed by atoms with Crippen LogP contribution in [0.5, 0.6) is 11.5 Å². The molecule has 1 saturated heterocycles. The number of nitrogens with zero attached hydrogens (tertiary/aromatic N) is 1. The van der Waals surface area contributed by atoms with Crippen molar-refractivity contribution in [3.05, 3.63) is 59.2 Å². The average molecular weight is 460 g/mol. The molecule has 0 unspecified atom stereocenters. The number of likely N-dealkylation sites (N-methyl/N-ethyl adjacent to an activating group) is 1. The summed E-state index contributed by atoms with van der Waals surface area (Å²) in [6.07, 6.45) is 3.41. The zero-order valence-corrected chi connectivity index (χ0v) is 21.5. The molecule has 0 spiro atoms. The molecule has 2 aromatic rings. The zero-order valence-electron chi connectivity index (χ0n) is 19.9. The lowest BCUT2D eigenvalue weighted by Crippen LogP contribution is -2.46. The smallest absolute Gasteiger partial charge is 0.160 e. The molecule has 0 N–H and O–H groups in total. The first-order valence-corrected chi connectivity index (χ1v) is 13.0. The Labute approximate surface area is 197 Å². The van der Waals surface area contributed by atoms with Crippen LogP contribution in [0.2, 0.25) is 0 Å². The SMILES string of the molecule is COc1ccc(CCN(C)C(C)(C)CC2(c3ccc(C)cc3)SCCCS2)cc1OC. The van der Waals surface area contributed by atoms with Crippen LogP contribution in [0.1, 0.15) is 43.4 Å². The number of benzene rings is 2. The lowest BCUT2D eigenvalue weighted by atomic mass is 9.92. The molecule has 0 atom stereocenters. The molecule has 3 rings (SSSR count). The number of ether oxygens (including phenoxy) is 2. The molecule has 2 aromatic carbocycles. The van der Waals surface area contributed by atoms with E-state index >= 15 is 0 Å². The molecule has 1 aliphatic rings. The summed E-state index contributed by atoms with van der Waals surface area (Å²) in [5.74, 6) is 4.07. The standard InChI is InChI=1S/C26H37NO2S2/c1-20-8-11-22(12-9-20)26(30-16-7-17-31-26)19-25(2,3)27(4)15-14-21-10-13-23(28-5)24(18-21)29-6/h8-13,18H,7,14-17,19H2,1-6H3. The molecule has 0 amide bonds. The topological polar surface area (TPSA) is 21.7 Å². The second-order valence-electron chi connectivity index (χ2n) is 9.02. The summed E-state index contributed by atoms with van der Waals surface area (Å²) in [5.41, 5.74) is 4.15. The van der Waals surface area contributed by atoms with Crippen molar-refractivity contribution in [2.24, 2.45) is 0 Å². The molecule has 5 heteroatoms. The van der Waals surface area contributed by atoms with Crippen LogP contribution < -0.4 is 9.47 Å². The van der Waals surface area contributed by atoms with Crippen LogP contribution in [0, 0.1) is 6.92 Å². The molecule has 0 radical (unpaired) electrons. The monoisotopic (exact) mass is 459 g/mol. The first kappa shape index (κ1) is 24.3. The Balaban J connectivity index is 1.72. The van der Waals surface area contributed by atoms with Gasteiger partial charge in [-0.2, -0.15) is 0 Å². The molecular weight excluding hydrogens is 422 g/mol. The minimum absolute atomic E-state index is 0.0821. The molecule has 170 valence electrons. The number of thioether (sulfide) groups is 2. The fourth-order valence-electron chi connectivity index (χ4n) is 4.09. The Bertz CT molecular complexity index is 845. The highest BCUT2D eigenvalue weighted by molar-refractivity contribution is 8.18. The van der Waals surface area contributed by atoms with E-state index in [1.807, 2.05) is 6.07 Å². The Kier molecular flexibility index (Phi) is 8.28. The highest BCUT2D eigenvalue weighted by Crippen LogP contribution is 2.55. The minimum Gasteiger partial charge on any atom is -0.493 e.